The molecule has 0 aromatic heterocycles. The first-order chi connectivity index (χ1) is 16.2. The second kappa shape index (κ2) is 8.81. The highest BCUT2D eigenvalue weighted by molar-refractivity contribution is 5.82. The van der Waals surface area contributed by atoms with Gasteiger partial charge in [0, 0.05) is 30.0 Å². The number of carbonyl (C=O) groups excluding carboxylic acids is 2. The van der Waals surface area contributed by atoms with Gasteiger partial charge in [0.05, 0.1) is 18.8 Å². The van der Waals surface area contributed by atoms with E-state index in [1.165, 1.54) is 0 Å². The Morgan fingerprint density at radius 2 is 1.88 bits per heavy atom. The number of esters is 1. The van der Waals surface area contributed by atoms with Crippen LogP contribution in [0.3, 0.4) is 0 Å². The third-order valence-corrected chi connectivity index (χ3v) is 11.1. The summed E-state index contributed by atoms with van der Waals surface area (Å²) >= 11 is 0. The highest BCUT2D eigenvalue weighted by atomic mass is 16.5. The first-order valence-electron chi connectivity index (χ1n) is 13.4. The van der Waals surface area contributed by atoms with Crippen molar-refractivity contribution in [3.63, 3.8) is 0 Å². The van der Waals surface area contributed by atoms with E-state index in [9.17, 15) is 14.7 Å². The molecule has 1 unspecified atom stereocenters. The standard InChI is InChI=1S/C27H42N2O5/c1-25-10-7-19(29-24(32)28-13-14-30)15-18(25)4-5-22-21(25)8-11-26(2)20(9-12-27(22,26)33)17-3-6-23(31)34-16-17/h3,6,17-22,30,33H,4-5,7-16H2,1-2H3,(H2,28,29,32)/t17?,18-,19-,20-,21+,22-,25+,26-,27+/m1/s1. The van der Waals surface area contributed by atoms with Crippen LogP contribution in [0.15, 0.2) is 12.2 Å². The van der Waals surface area contributed by atoms with Crippen molar-refractivity contribution in [3.05, 3.63) is 12.2 Å². The molecule has 4 aliphatic carbocycles. The highest BCUT2D eigenvalue weighted by Crippen LogP contribution is 2.69. The average Bonchev–Trinajstić information content (AvgIpc) is 3.10. The molecule has 1 aliphatic heterocycles. The number of hydrogen-bond donors (Lipinski definition) is 4. The lowest BCUT2D eigenvalue weighted by atomic mass is 9.43. The number of carbonyl (C=O) groups is 2. The van der Waals surface area contributed by atoms with Gasteiger partial charge in [0.2, 0.25) is 0 Å². The summed E-state index contributed by atoms with van der Waals surface area (Å²) in [5.41, 5.74) is -0.582. The van der Waals surface area contributed by atoms with Crippen LogP contribution in [0.5, 0.6) is 0 Å². The van der Waals surface area contributed by atoms with Crippen molar-refractivity contribution < 1.29 is 24.5 Å². The molecule has 4 fully saturated rings. The Morgan fingerprint density at radius 1 is 1.09 bits per heavy atom. The SMILES string of the molecule is C[C@]12CC[C@@H](NC(=O)NCCO)C[C@H]1CC[C@@H]1[C@@H]2CC[C@]2(C)[C@@H](C3C=CC(=O)OC3)CC[C@]12O. The van der Waals surface area contributed by atoms with Gasteiger partial charge in [0.1, 0.15) is 0 Å². The Hall–Kier alpha value is -1.60. The Bertz CT molecular complexity index is 847. The van der Waals surface area contributed by atoms with E-state index in [2.05, 4.69) is 24.5 Å². The number of ether oxygens (including phenoxy) is 1. The molecule has 0 bridgehead atoms. The van der Waals surface area contributed by atoms with Gasteiger partial charge in [0.25, 0.3) is 0 Å². The average molecular weight is 475 g/mol. The molecule has 4 N–H and O–H groups in total. The van der Waals surface area contributed by atoms with Crippen molar-refractivity contribution in [1.82, 2.24) is 10.6 Å². The van der Waals surface area contributed by atoms with E-state index in [0.29, 0.717) is 30.3 Å². The van der Waals surface area contributed by atoms with Crippen LogP contribution in [0.4, 0.5) is 4.79 Å². The van der Waals surface area contributed by atoms with Crippen LogP contribution in [0, 0.1) is 40.4 Å². The summed E-state index contributed by atoms with van der Waals surface area (Å²) in [6.07, 6.45) is 12.9. The summed E-state index contributed by atoms with van der Waals surface area (Å²) in [7, 11) is 0. The molecule has 2 amide bonds. The Morgan fingerprint density at radius 3 is 2.62 bits per heavy atom. The van der Waals surface area contributed by atoms with Crippen molar-refractivity contribution >= 4 is 12.0 Å². The van der Waals surface area contributed by atoms with E-state index < -0.39 is 5.60 Å². The zero-order valence-corrected chi connectivity index (χ0v) is 20.7. The fourth-order valence-electron chi connectivity index (χ4n) is 9.22. The van der Waals surface area contributed by atoms with Gasteiger partial charge in [-0.2, -0.15) is 0 Å². The van der Waals surface area contributed by atoms with Gasteiger partial charge in [-0.25, -0.2) is 9.59 Å². The summed E-state index contributed by atoms with van der Waals surface area (Å²) in [4.78, 5) is 23.7. The molecule has 5 rings (SSSR count). The zero-order chi connectivity index (χ0) is 24.1. The molecule has 7 heteroatoms. The molecule has 0 radical (unpaired) electrons. The number of nitrogens with one attached hydrogen (secondary N) is 2. The molecule has 0 aromatic carbocycles. The maximum absolute atomic E-state index is 12.4. The molecule has 7 nitrogen and oxygen atoms in total. The predicted molar refractivity (Wildman–Crippen MR) is 128 cm³/mol. The molecule has 4 saturated carbocycles. The molecule has 0 spiro atoms. The lowest BCUT2D eigenvalue weighted by Crippen LogP contribution is -2.63. The number of aliphatic hydroxyl groups is 2. The lowest BCUT2D eigenvalue weighted by Gasteiger charge is -2.64. The molecule has 0 saturated heterocycles. The van der Waals surface area contributed by atoms with Gasteiger partial charge in [0.15, 0.2) is 0 Å². The van der Waals surface area contributed by atoms with Crippen LogP contribution >= 0.6 is 0 Å². The number of amides is 2. The van der Waals surface area contributed by atoms with Gasteiger partial charge in [-0.15, -0.1) is 0 Å². The topological polar surface area (TPSA) is 108 Å². The highest BCUT2D eigenvalue weighted by Gasteiger charge is 2.67. The third-order valence-electron chi connectivity index (χ3n) is 11.1. The zero-order valence-electron chi connectivity index (χ0n) is 20.7. The van der Waals surface area contributed by atoms with E-state index in [0.717, 1.165) is 57.8 Å². The minimum absolute atomic E-state index is 0.0489. The third kappa shape index (κ3) is 3.69. The Kier molecular flexibility index (Phi) is 6.25. The lowest BCUT2D eigenvalue weighted by molar-refractivity contribution is -0.210. The number of urea groups is 1. The maximum atomic E-state index is 12.4. The van der Waals surface area contributed by atoms with Gasteiger partial charge in [-0.05, 0) is 86.9 Å². The van der Waals surface area contributed by atoms with Crippen molar-refractivity contribution in [2.24, 2.45) is 40.4 Å². The number of rotatable bonds is 4. The summed E-state index contributed by atoms with van der Waals surface area (Å²) in [5, 5.41) is 27.1. The maximum Gasteiger partial charge on any atom is 0.330 e. The van der Waals surface area contributed by atoms with E-state index in [1.54, 1.807) is 6.08 Å². The molecule has 1 heterocycles. The second-order valence-electron chi connectivity index (χ2n) is 12.3. The summed E-state index contributed by atoms with van der Waals surface area (Å²) in [5.74, 6) is 1.72. The van der Waals surface area contributed by atoms with Gasteiger partial charge in [-0.1, -0.05) is 19.9 Å². The molecule has 9 atom stereocenters. The predicted octanol–water partition coefficient (Wildman–Crippen LogP) is 3.15. The minimum Gasteiger partial charge on any atom is -0.462 e. The normalized spacial score (nSPS) is 47.7. The van der Waals surface area contributed by atoms with E-state index >= 15 is 0 Å². The molecule has 34 heavy (non-hydrogen) atoms. The Balaban J connectivity index is 1.30. The van der Waals surface area contributed by atoms with Crippen LogP contribution in [-0.4, -0.2) is 53.6 Å². The molecule has 5 aliphatic rings. The number of aliphatic hydroxyl groups excluding tert-OH is 1. The van der Waals surface area contributed by atoms with Crippen molar-refractivity contribution in [2.45, 2.75) is 83.3 Å². The van der Waals surface area contributed by atoms with Crippen LogP contribution in [-0.2, 0) is 9.53 Å². The number of cyclic esters (lactones) is 1. The summed E-state index contributed by atoms with van der Waals surface area (Å²) < 4.78 is 5.36. The van der Waals surface area contributed by atoms with Crippen molar-refractivity contribution in [1.29, 1.82) is 0 Å². The van der Waals surface area contributed by atoms with Crippen LogP contribution in [0.1, 0.15) is 71.6 Å². The molecular weight excluding hydrogens is 432 g/mol. The molecular formula is C27H42N2O5. The van der Waals surface area contributed by atoms with Crippen LogP contribution in [0.2, 0.25) is 0 Å². The van der Waals surface area contributed by atoms with E-state index in [1.807, 2.05) is 6.08 Å². The largest absolute Gasteiger partial charge is 0.462 e. The van der Waals surface area contributed by atoms with Crippen molar-refractivity contribution in [2.75, 3.05) is 19.8 Å². The minimum atomic E-state index is -0.650. The fraction of sp³-hybridized carbons (Fsp3) is 0.852. The Labute approximate surface area is 203 Å². The number of hydrogen-bond acceptors (Lipinski definition) is 5. The second-order valence-corrected chi connectivity index (χ2v) is 12.3. The van der Waals surface area contributed by atoms with E-state index in [-0.39, 0.29) is 47.9 Å². The smallest absolute Gasteiger partial charge is 0.330 e. The first kappa shape index (κ1) is 24.1. The monoisotopic (exact) mass is 474 g/mol. The van der Waals surface area contributed by atoms with Crippen LogP contribution in [0.25, 0.3) is 0 Å². The summed E-state index contributed by atoms with van der Waals surface area (Å²) in [6.45, 7) is 5.44. The first-order valence-corrected chi connectivity index (χ1v) is 13.4. The van der Waals surface area contributed by atoms with Gasteiger partial charge >= 0.3 is 12.0 Å². The van der Waals surface area contributed by atoms with Crippen LogP contribution < -0.4 is 10.6 Å². The van der Waals surface area contributed by atoms with Gasteiger partial charge in [-0.3, -0.25) is 0 Å². The molecule has 190 valence electrons. The molecule has 0 aromatic rings. The van der Waals surface area contributed by atoms with E-state index in [4.69, 9.17) is 9.84 Å². The quantitative estimate of drug-likeness (QED) is 0.468. The number of fused-ring (bicyclic) bond motifs is 5. The van der Waals surface area contributed by atoms with Crippen molar-refractivity contribution in [3.8, 4) is 0 Å². The summed E-state index contributed by atoms with van der Waals surface area (Å²) in [6, 6.07) is 0.000411. The fourth-order valence-corrected chi connectivity index (χ4v) is 9.22. The van der Waals surface area contributed by atoms with Gasteiger partial charge < -0.3 is 25.6 Å².